The fourth-order valence-corrected chi connectivity index (χ4v) is 2.90. The van der Waals surface area contributed by atoms with Crippen molar-refractivity contribution in [2.45, 2.75) is 57.8 Å². The molecule has 1 aromatic carbocycles. The molecular weight excluding hydrogens is 250 g/mol. The summed E-state index contributed by atoms with van der Waals surface area (Å²) in [5.74, 6) is 0.974. The number of methoxy groups -OCH3 is 1. The van der Waals surface area contributed by atoms with E-state index in [1.165, 1.54) is 12.0 Å². The molecule has 2 rings (SSSR count). The van der Waals surface area contributed by atoms with Crippen LogP contribution in [0.4, 0.5) is 0 Å². The third-order valence-corrected chi connectivity index (χ3v) is 4.00. The molecule has 20 heavy (non-hydrogen) atoms. The van der Waals surface area contributed by atoms with E-state index in [9.17, 15) is 0 Å². The van der Waals surface area contributed by atoms with Crippen LogP contribution in [0.15, 0.2) is 24.3 Å². The van der Waals surface area contributed by atoms with Crippen LogP contribution in [0.3, 0.4) is 0 Å². The molecule has 1 fully saturated rings. The van der Waals surface area contributed by atoms with Crippen LogP contribution in [-0.2, 0) is 11.2 Å². The minimum Gasteiger partial charge on any atom is -0.496 e. The minimum absolute atomic E-state index is 0.321. The van der Waals surface area contributed by atoms with E-state index in [1.807, 2.05) is 12.1 Å². The van der Waals surface area contributed by atoms with Gasteiger partial charge in [0, 0.05) is 6.04 Å². The van der Waals surface area contributed by atoms with Gasteiger partial charge in [-0.3, -0.25) is 0 Å². The molecule has 112 valence electrons. The van der Waals surface area contributed by atoms with Gasteiger partial charge < -0.3 is 14.8 Å². The maximum Gasteiger partial charge on any atom is 0.122 e. The Balaban J connectivity index is 2.06. The number of benzene rings is 1. The highest BCUT2D eigenvalue weighted by atomic mass is 16.5. The fraction of sp³-hybridized carbons (Fsp3) is 0.647. The summed E-state index contributed by atoms with van der Waals surface area (Å²) in [6, 6.07) is 8.65. The van der Waals surface area contributed by atoms with Gasteiger partial charge in [0.1, 0.15) is 5.75 Å². The molecule has 1 saturated heterocycles. The Hall–Kier alpha value is -1.06. The van der Waals surface area contributed by atoms with E-state index in [1.54, 1.807) is 7.11 Å². The molecule has 3 atom stereocenters. The van der Waals surface area contributed by atoms with Gasteiger partial charge in [-0.25, -0.2) is 0 Å². The van der Waals surface area contributed by atoms with Gasteiger partial charge in [0.15, 0.2) is 0 Å². The monoisotopic (exact) mass is 277 g/mol. The van der Waals surface area contributed by atoms with Crippen LogP contribution in [0, 0.1) is 0 Å². The van der Waals surface area contributed by atoms with Gasteiger partial charge in [0.25, 0.3) is 0 Å². The highest BCUT2D eigenvalue weighted by Gasteiger charge is 2.29. The van der Waals surface area contributed by atoms with Crippen molar-refractivity contribution < 1.29 is 9.47 Å². The van der Waals surface area contributed by atoms with Crippen LogP contribution in [0.1, 0.15) is 38.7 Å². The van der Waals surface area contributed by atoms with Gasteiger partial charge in [0.05, 0.1) is 19.3 Å². The zero-order valence-electron chi connectivity index (χ0n) is 12.9. The Morgan fingerprint density at radius 1 is 1.35 bits per heavy atom. The van der Waals surface area contributed by atoms with Crippen molar-refractivity contribution in [2.24, 2.45) is 0 Å². The van der Waals surface area contributed by atoms with Gasteiger partial charge in [0.2, 0.25) is 0 Å². The van der Waals surface area contributed by atoms with E-state index in [0.29, 0.717) is 18.2 Å². The van der Waals surface area contributed by atoms with E-state index < -0.39 is 0 Å². The zero-order chi connectivity index (χ0) is 14.4. The van der Waals surface area contributed by atoms with Crippen LogP contribution in [0.5, 0.6) is 5.75 Å². The molecule has 3 heteroatoms. The lowest BCUT2D eigenvalue weighted by Gasteiger charge is -2.25. The predicted molar refractivity (Wildman–Crippen MR) is 82.3 cm³/mol. The van der Waals surface area contributed by atoms with Crippen molar-refractivity contribution in [3.8, 4) is 5.75 Å². The van der Waals surface area contributed by atoms with Gasteiger partial charge in [-0.1, -0.05) is 25.1 Å². The molecule has 0 bridgehead atoms. The van der Waals surface area contributed by atoms with Crippen molar-refractivity contribution in [2.75, 3.05) is 13.7 Å². The fourth-order valence-electron chi connectivity index (χ4n) is 2.90. The van der Waals surface area contributed by atoms with Gasteiger partial charge >= 0.3 is 0 Å². The number of para-hydroxylation sites is 1. The number of nitrogens with one attached hydrogen (secondary N) is 1. The topological polar surface area (TPSA) is 30.5 Å². The van der Waals surface area contributed by atoms with E-state index in [0.717, 1.165) is 31.6 Å². The molecule has 1 aliphatic rings. The van der Waals surface area contributed by atoms with Crippen molar-refractivity contribution >= 4 is 0 Å². The maximum absolute atomic E-state index is 6.06. The summed E-state index contributed by atoms with van der Waals surface area (Å²) in [6.07, 6.45) is 5.13. The summed E-state index contributed by atoms with van der Waals surface area (Å²) < 4.78 is 11.5. The second-order valence-corrected chi connectivity index (χ2v) is 5.64. The first-order valence-electron chi connectivity index (χ1n) is 7.75. The second-order valence-electron chi connectivity index (χ2n) is 5.64. The van der Waals surface area contributed by atoms with E-state index in [4.69, 9.17) is 9.47 Å². The van der Waals surface area contributed by atoms with Crippen molar-refractivity contribution in [3.63, 3.8) is 0 Å². The summed E-state index contributed by atoms with van der Waals surface area (Å²) in [4.78, 5) is 0. The molecule has 1 N–H and O–H groups in total. The molecule has 1 aromatic rings. The van der Waals surface area contributed by atoms with Crippen molar-refractivity contribution in [1.82, 2.24) is 5.32 Å². The zero-order valence-corrected chi connectivity index (χ0v) is 12.9. The highest BCUT2D eigenvalue weighted by Crippen LogP contribution is 2.26. The Morgan fingerprint density at radius 3 is 2.80 bits per heavy atom. The molecule has 0 amide bonds. The van der Waals surface area contributed by atoms with Gasteiger partial charge in [-0.15, -0.1) is 0 Å². The lowest BCUT2D eigenvalue weighted by molar-refractivity contribution is 0.0320. The summed E-state index contributed by atoms with van der Waals surface area (Å²) >= 11 is 0. The van der Waals surface area contributed by atoms with Crippen molar-refractivity contribution in [1.29, 1.82) is 0 Å². The number of hydrogen-bond donors (Lipinski definition) is 1. The van der Waals surface area contributed by atoms with E-state index in [-0.39, 0.29) is 0 Å². The molecule has 0 radical (unpaired) electrons. The van der Waals surface area contributed by atoms with Crippen LogP contribution >= 0.6 is 0 Å². The Morgan fingerprint density at radius 2 is 2.15 bits per heavy atom. The Labute approximate surface area is 122 Å². The van der Waals surface area contributed by atoms with Crippen LogP contribution in [0.25, 0.3) is 0 Å². The lowest BCUT2D eigenvalue weighted by Crippen LogP contribution is -2.42. The van der Waals surface area contributed by atoms with Crippen molar-refractivity contribution in [3.05, 3.63) is 29.8 Å². The van der Waals surface area contributed by atoms with Gasteiger partial charge in [-0.05, 0) is 50.8 Å². The first-order chi connectivity index (χ1) is 9.74. The molecule has 3 unspecified atom stereocenters. The van der Waals surface area contributed by atoms with E-state index in [2.05, 4.69) is 31.3 Å². The number of hydrogen-bond acceptors (Lipinski definition) is 3. The Bertz CT molecular complexity index is 408. The third kappa shape index (κ3) is 3.97. The number of rotatable bonds is 7. The molecule has 3 nitrogen and oxygen atoms in total. The maximum atomic E-state index is 6.06. The highest BCUT2D eigenvalue weighted by molar-refractivity contribution is 5.34. The molecule has 1 heterocycles. The molecule has 0 aliphatic carbocycles. The molecular formula is C17H27NO2. The summed E-state index contributed by atoms with van der Waals surface area (Å²) in [5.41, 5.74) is 1.26. The molecule has 0 spiro atoms. The van der Waals surface area contributed by atoms with Gasteiger partial charge in [-0.2, -0.15) is 0 Å². The normalized spacial score (nSPS) is 23.8. The first kappa shape index (κ1) is 15.3. The van der Waals surface area contributed by atoms with Crippen LogP contribution in [-0.4, -0.2) is 31.9 Å². The first-order valence-corrected chi connectivity index (χ1v) is 7.75. The quantitative estimate of drug-likeness (QED) is 0.830. The minimum atomic E-state index is 0.321. The summed E-state index contributed by atoms with van der Waals surface area (Å²) in [6.45, 7) is 5.40. The smallest absolute Gasteiger partial charge is 0.122 e. The molecule has 0 aromatic heterocycles. The largest absolute Gasteiger partial charge is 0.496 e. The molecule has 1 aliphatic heterocycles. The SMILES string of the molecule is CCCNC(Cc1ccccc1OC)C1CCC(C)O1. The lowest BCUT2D eigenvalue weighted by atomic mass is 9.98. The predicted octanol–water partition coefficient (Wildman–Crippen LogP) is 3.17. The average molecular weight is 277 g/mol. The van der Waals surface area contributed by atoms with Crippen LogP contribution in [0.2, 0.25) is 0 Å². The standard InChI is InChI=1S/C17H27NO2/c1-4-11-18-15(17-10-9-13(2)20-17)12-14-7-5-6-8-16(14)19-3/h5-8,13,15,17-18H,4,9-12H2,1-3H3. The Kier molecular flexibility index (Phi) is 5.86. The number of ether oxygens (including phenoxy) is 2. The molecule has 0 saturated carbocycles. The van der Waals surface area contributed by atoms with Crippen LogP contribution < -0.4 is 10.1 Å². The third-order valence-electron chi connectivity index (χ3n) is 4.00. The van der Waals surface area contributed by atoms with E-state index >= 15 is 0 Å². The second kappa shape index (κ2) is 7.65. The average Bonchev–Trinajstić information content (AvgIpc) is 2.90. The summed E-state index contributed by atoms with van der Waals surface area (Å²) in [5, 5.41) is 3.65. The summed E-state index contributed by atoms with van der Waals surface area (Å²) in [7, 11) is 1.74.